The average molecular weight is 344 g/mol. The molecule has 0 aliphatic carbocycles. The molecule has 0 aliphatic heterocycles. The molecule has 1 heterocycles. The quantitative estimate of drug-likeness (QED) is 0.808. The SMILES string of the molecule is CC(CNC(=O)C(NC(=O)c1cccs1)C(C)C)c1ccccc1. The van der Waals surface area contributed by atoms with Crippen LogP contribution in [0.25, 0.3) is 0 Å². The highest BCUT2D eigenvalue weighted by atomic mass is 32.1. The van der Waals surface area contributed by atoms with Crippen LogP contribution in [-0.4, -0.2) is 24.4 Å². The van der Waals surface area contributed by atoms with E-state index in [4.69, 9.17) is 0 Å². The number of rotatable bonds is 7. The second-order valence-electron chi connectivity index (χ2n) is 6.23. The molecule has 1 aromatic heterocycles. The van der Waals surface area contributed by atoms with Gasteiger partial charge in [0.25, 0.3) is 5.91 Å². The molecule has 128 valence electrons. The Balaban J connectivity index is 1.93. The highest BCUT2D eigenvalue weighted by molar-refractivity contribution is 7.12. The average Bonchev–Trinajstić information content (AvgIpc) is 3.12. The van der Waals surface area contributed by atoms with Gasteiger partial charge in [0.05, 0.1) is 4.88 Å². The van der Waals surface area contributed by atoms with E-state index in [0.717, 1.165) is 0 Å². The van der Waals surface area contributed by atoms with Gasteiger partial charge >= 0.3 is 0 Å². The summed E-state index contributed by atoms with van der Waals surface area (Å²) in [6, 6.07) is 13.1. The maximum Gasteiger partial charge on any atom is 0.262 e. The van der Waals surface area contributed by atoms with E-state index in [-0.39, 0.29) is 23.7 Å². The van der Waals surface area contributed by atoms with E-state index >= 15 is 0 Å². The zero-order chi connectivity index (χ0) is 17.5. The Kier molecular flexibility index (Phi) is 6.55. The van der Waals surface area contributed by atoms with Crippen molar-refractivity contribution in [2.75, 3.05) is 6.54 Å². The minimum atomic E-state index is -0.539. The van der Waals surface area contributed by atoms with Crippen LogP contribution in [0.2, 0.25) is 0 Å². The van der Waals surface area contributed by atoms with Gasteiger partial charge < -0.3 is 10.6 Å². The molecule has 1 aromatic carbocycles. The number of amides is 2. The first kappa shape index (κ1) is 18.2. The summed E-state index contributed by atoms with van der Waals surface area (Å²) >= 11 is 1.37. The van der Waals surface area contributed by atoms with Gasteiger partial charge in [0, 0.05) is 6.54 Å². The van der Waals surface area contributed by atoms with Crippen molar-refractivity contribution < 1.29 is 9.59 Å². The van der Waals surface area contributed by atoms with Gasteiger partial charge in [0.1, 0.15) is 6.04 Å². The highest BCUT2D eigenvalue weighted by Crippen LogP contribution is 2.14. The maximum absolute atomic E-state index is 12.5. The molecule has 0 fully saturated rings. The van der Waals surface area contributed by atoms with Crippen LogP contribution in [0.15, 0.2) is 47.8 Å². The zero-order valence-corrected chi connectivity index (χ0v) is 15.1. The first-order valence-corrected chi connectivity index (χ1v) is 9.04. The summed E-state index contributed by atoms with van der Waals surface area (Å²) in [7, 11) is 0. The van der Waals surface area contributed by atoms with Gasteiger partial charge in [-0.2, -0.15) is 0 Å². The maximum atomic E-state index is 12.5. The summed E-state index contributed by atoms with van der Waals surface area (Å²) in [6.45, 7) is 6.48. The molecule has 2 aromatic rings. The molecule has 2 rings (SSSR count). The van der Waals surface area contributed by atoms with Gasteiger partial charge in [-0.05, 0) is 28.8 Å². The Bertz CT molecular complexity index is 653. The van der Waals surface area contributed by atoms with Gasteiger partial charge in [-0.3, -0.25) is 9.59 Å². The molecular formula is C19H24N2O2S. The number of hydrogen-bond acceptors (Lipinski definition) is 3. The van der Waals surface area contributed by atoms with Crippen LogP contribution in [0.3, 0.4) is 0 Å². The van der Waals surface area contributed by atoms with E-state index in [9.17, 15) is 9.59 Å². The molecule has 2 unspecified atom stereocenters. The first-order valence-electron chi connectivity index (χ1n) is 8.16. The summed E-state index contributed by atoms with van der Waals surface area (Å²) < 4.78 is 0. The van der Waals surface area contributed by atoms with E-state index in [1.54, 1.807) is 6.07 Å². The smallest absolute Gasteiger partial charge is 0.262 e. The van der Waals surface area contributed by atoms with Crippen LogP contribution in [-0.2, 0) is 4.79 Å². The normalized spacial score (nSPS) is 13.3. The van der Waals surface area contributed by atoms with Crippen molar-refractivity contribution in [2.45, 2.75) is 32.7 Å². The Hall–Kier alpha value is -2.14. The first-order chi connectivity index (χ1) is 11.5. The second kappa shape index (κ2) is 8.64. The lowest BCUT2D eigenvalue weighted by Crippen LogP contribution is -2.50. The molecule has 0 aliphatic rings. The zero-order valence-electron chi connectivity index (χ0n) is 14.3. The van der Waals surface area contributed by atoms with Gasteiger partial charge in [-0.15, -0.1) is 11.3 Å². The fourth-order valence-electron chi connectivity index (χ4n) is 2.42. The number of carbonyl (C=O) groups is 2. The molecule has 5 heteroatoms. The van der Waals surface area contributed by atoms with Crippen molar-refractivity contribution in [2.24, 2.45) is 5.92 Å². The lowest BCUT2D eigenvalue weighted by atomic mass is 10.00. The molecule has 0 saturated heterocycles. The van der Waals surface area contributed by atoms with Crippen LogP contribution in [0.1, 0.15) is 41.9 Å². The molecule has 0 saturated carbocycles. The van der Waals surface area contributed by atoms with Crippen LogP contribution in [0.4, 0.5) is 0 Å². The summed E-state index contributed by atoms with van der Waals surface area (Å²) in [5.41, 5.74) is 1.18. The van der Waals surface area contributed by atoms with E-state index in [1.165, 1.54) is 16.9 Å². The molecule has 2 amide bonds. The van der Waals surface area contributed by atoms with Crippen molar-refractivity contribution >= 4 is 23.2 Å². The Morgan fingerprint density at radius 3 is 2.33 bits per heavy atom. The molecule has 24 heavy (non-hydrogen) atoms. The topological polar surface area (TPSA) is 58.2 Å². The number of hydrogen-bond donors (Lipinski definition) is 2. The van der Waals surface area contributed by atoms with Gasteiger partial charge in [-0.1, -0.05) is 57.2 Å². The molecule has 2 atom stereocenters. The third-order valence-corrected chi connectivity index (χ3v) is 4.80. The number of thiophene rings is 1. The van der Waals surface area contributed by atoms with Crippen molar-refractivity contribution in [3.63, 3.8) is 0 Å². The Labute approximate surface area is 147 Å². The fourth-order valence-corrected chi connectivity index (χ4v) is 3.04. The third-order valence-electron chi connectivity index (χ3n) is 3.93. The number of nitrogens with one attached hydrogen (secondary N) is 2. The highest BCUT2D eigenvalue weighted by Gasteiger charge is 2.25. The summed E-state index contributed by atoms with van der Waals surface area (Å²) in [5, 5.41) is 7.65. The van der Waals surface area contributed by atoms with Gasteiger partial charge in [0.2, 0.25) is 5.91 Å². The molecule has 0 radical (unpaired) electrons. The predicted octanol–water partition coefficient (Wildman–Crippen LogP) is 3.42. The molecule has 2 N–H and O–H groups in total. The van der Waals surface area contributed by atoms with E-state index in [0.29, 0.717) is 11.4 Å². The summed E-state index contributed by atoms with van der Waals surface area (Å²) in [4.78, 5) is 25.3. The second-order valence-corrected chi connectivity index (χ2v) is 7.18. The van der Waals surface area contributed by atoms with Crippen LogP contribution in [0, 0.1) is 5.92 Å². The van der Waals surface area contributed by atoms with Crippen molar-refractivity contribution in [3.05, 3.63) is 58.3 Å². The minimum absolute atomic E-state index is 0.0148. The van der Waals surface area contributed by atoms with E-state index < -0.39 is 6.04 Å². The van der Waals surface area contributed by atoms with Crippen molar-refractivity contribution in [1.29, 1.82) is 0 Å². The minimum Gasteiger partial charge on any atom is -0.354 e. The Morgan fingerprint density at radius 1 is 1.04 bits per heavy atom. The molecule has 0 bridgehead atoms. The summed E-state index contributed by atoms with van der Waals surface area (Å²) in [5.74, 6) is -0.107. The third kappa shape index (κ3) is 4.93. The van der Waals surface area contributed by atoms with Crippen LogP contribution < -0.4 is 10.6 Å². The fraction of sp³-hybridized carbons (Fsp3) is 0.368. The van der Waals surface area contributed by atoms with Gasteiger partial charge in [0.15, 0.2) is 0 Å². The molecule has 4 nitrogen and oxygen atoms in total. The van der Waals surface area contributed by atoms with Crippen molar-refractivity contribution in [1.82, 2.24) is 10.6 Å². The summed E-state index contributed by atoms with van der Waals surface area (Å²) in [6.07, 6.45) is 0. The predicted molar refractivity (Wildman–Crippen MR) is 98.3 cm³/mol. The van der Waals surface area contributed by atoms with Crippen LogP contribution >= 0.6 is 11.3 Å². The number of carbonyl (C=O) groups excluding carboxylic acids is 2. The molecule has 0 spiro atoms. The van der Waals surface area contributed by atoms with Gasteiger partial charge in [-0.25, -0.2) is 0 Å². The number of benzene rings is 1. The standard InChI is InChI=1S/C19H24N2O2S/c1-13(2)17(21-18(22)16-10-7-11-24-16)19(23)20-12-14(3)15-8-5-4-6-9-15/h4-11,13-14,17H,12H2,1-3H3,(H,20,23)(H,21,22). The largest absolute Gasteiger partial charge is 0.354 e. The van der Waals surface area contributed by atoms with Crippen LogP contribution in [0.5, 0.6) is 0 Å². The lowest BCUT2D eigenvalue weighted by Gasteiger charge is -2.22. The van der Waals surface area contributed by atoms with E-state index in [1.807, 2.05) is 43.5 Å². The van der Waals surface area contributed by atoms with Crippen molar-refractivity contribution in [3.8, 4) is 0 Å². The monoisotopic (exact) mass is 344 g/mol. The van der Waals surface area contributed by atoms with E-state index in [2.05, 4.69) is 29.7 Å². The molecular weight excluding hydrogens is 320 g/mol. The lowest BCUT2D eigenvalue weighted by molar-refractivity contribution is -0.124. The Morgan fingerprint density at radius 2 is 1.75 bits per heavy atom.